The lowest BCUT2D eigenvalue weighted by atomic mass is 9.83. The zero-order chi connectivity index (χ0) is 27.5. The Morgan fingerprint density at radius 2 is 1.85 bits per heavy atom. The molecule has 3 fully saturated rings. The number of aliphatic hydroxyl groups excluding tert-OH is 1. The van der Waals surface area contributed by atoms with Crippen LogP contribution in [0.2, 0.25) is 5.02 Å². The van der Waals surface area contributed by atoms with Gasteiger partial charge in [0.2, 0.25) is 0 Å². The second kappa shape index (κ2) is 9.58. The number of fused-ring (bicyclic) bond motifs is 5. The second-order valence-corrected chi connectivity index (χ2v) is 11.2. The lowest BCUT2D eigenvalue weighted by Gasteiger charge is -2.47. The van der Waals surface area contributed by atoms with E-state index < -0.39 is 6.10 Å². The van der Waals surface area contributed by atoms with Crippen LogP contribution >= 0.6 is 11.6 Å². The van der Waals surface area contributed by atoms with Gasteiger partial charge in [0.25, 0.3) is 17.4 Å². The summed E-state index contributed by atoms with van der Waals surface area (Å²) in [5, 5.41) is 14.3. The van der Waals surface area contributed by atoms with Crippen LogP contribution in [0.3, 0.4) is 0 Å². The molecule has 204 valence electrons. The molecule has 4 aliphatic rings. The number of aromatic amines is 2. The Kier molecular flexibility index (Phi) is 5.99. The molecule has 2 bridgehead atoms. The molecule has 2 amide bonds. The topological polar surface area (TPSA) is 134 Å². The molecule has 0 saturated carbocycles. The molecule has 0 unspecified atom stereocenters. The Morgan fingerprint density at radius 3 is 2.58 bits per heavy atom. The number of imidazole rings is 1. The Balaban J connectivity index is 1.18. The van der Waals surface area contributed by atoms with Crippen LogP contribution in [0.15, 0.2) is 53.5 Å². The fraction of sp³-hybridized carbons (Fsp3) is 0.310. The molecule has 3 saturated heterocycles. The van der Waals surface area contributed by atoms with Gasteiger partial charge in [-0.05, 0) is 67.7 Å². The summed E-state index contributed by atoms with van der Waals surface area (Å²) in [6.07, 6.45) is 2.65. The van der Waals surface area contributed by atoms with Crippen LogP contribution in [0.1, 0.15) is 45.2 Å². The summed E-state index contributed by atoms with van der Waals surface area (Å²) < 4.78 is 0. The molecule has 8 rings (SSSR count). The fourth-order valence-corrected chi connectivity index (χ4v) is 6.51. The van der Waals surface area contributed by atoms with Crippen molar-refractivity contribution in [3.05, 3.63) is 80.7 Å². The van der Waals surface area contributed by atoms with Gasteiger partial charge in [-0.1, -0.05) is 23.7 Å². The number of anilines is 1. The molecule has 0 aliphatic carbocycles. The summed E-state index contributed by atoms with van der Waals surface area (Å²) >= 11 is 6.05. The zero-order valence-electron chi connectivity index (χ0n) is 21.5. The van der Waals surface area contributed by atoms with Gasteiger partial charge in [0.15, 0.2) is 0 Å². The average molecular weight is 559 g/mol. The van der Waals surface area contributed by atoms with Crippen molar-refractivity contribution in [1.82, 2.24) is 24.8 Å². The van der Waals surface area contributed by atoms with Crippen LogP contribution in [-0.2, 0) is 0 Å². The van der Waals surface area contributed by atoms with Gasteiger partial charge in [-0.3, -0.25) is 19.3 Å². The molecule has 2 aromatic heterocycles. The van der Waals surface area contributed by atoms with Crippen LogP contribution in [-0.4, -0.2) is 73.9 Å². The van der Waals surface area contributed by atoms with Crippen LogP contribution in [0.25, 0.3) is 22.4 Å². The highest BCUT2D eigenvalue weighted by molar-refractivity contribution is 6.30. The minimum Gasteiger partial charge on any atom is -0.387 e. The number of amides is 2. The predicted molar refractivity (Wildman–Crippen MR) is 151 cm³/mol. The van der Waals surface area contributed by atoms with E-state index in [2.05, 4.69) is 25.2 Å². The number of imide groups is 1. The SMILES string of the molecule is O=C1c2cc3nc(-c4c(NC[C@@H](O)c5cccc(Cl)c5)cc[nH]c4=O)[nH]c3cc2C(=O)N1[C@@H]1CN2CCC1CC2. The van der Waals surface area contributed by atoms with Crippen LogP contribution < -0.4 is 10.9 Å². The number of aromatic nitrogens is 3. The molecule has 11 heteroatoms. The molecule has 0 spiro atoms. The van der Waals surface area contributed by atoms with Gasteiger partial charge in [-0.25, -0.2) is 4.98 Å². The highest BCUT2D eigenvalue weighted by Crippen LogP contribution is 2.37. The van der Waals surface area contributed by atoms with Crippen molar-refractivity contribution >= 4 is 40.1 Å². The number of benzene rings is 2. The van der Waals surface area contributed by atoms with Crippen LogP contribution in [0.5, 0.6) is 0 Å². The number of halogens is 1. The third-order valence-electron chi connectivity index (χ3n) is 8.39. The van der Waals surface area contributed by atoms with E-state index in [0.29, 0.717) is 44.4 Å². The first-order chi connectivity index (χ1) is 19.4. The molecular weight excluding hydrogens is 532 g/mol. The summed E-state index contributed by atoms with van der Waals surface area (Å²) in [6, 6.07) is 11.8. The summed E-state index contributed by atoms with van der Waals surface area (Å²) in [5.74, 6) is 0.0798. The highest BCUT2D eigenvalue weighted by Gasteiger charge is 2.46. The molecule has 10 nitrogen and oxygen atoms in total. The molecule has 2 atom stereocenters. The number of rotatable bonds is 6. The smallest absolute Gasteiger partial charge is 0.261 e. The summed E-state index contributed by atoms with van der Waals surface area (Å²) in [4.78, 5) is 54.1. The molecular formula is C29H27ClN6O4. The van der Waals surface area contributed by atoms with E-state index in [1.165, 1.54) is 11.1 Å². The molecule has 40 heavy (non-hydrogen) atoms. The van der Waals surface area contributed by atoms with Crippen molar-refractivity contribution in [2.45, 2.75) is 25.0 Å². The Morgan fingerprint density at radius 1 is 1.07 bits per heavy atom. The minimum absolute atomic E-state index is 0.101. The number of hydrogen-bond acceptors (Lipinski definition) is 7. The van der Waals surface area contributed by atoms with Gasteiger partial charge >= 0.3 is 0 Å². The van der Waals surface area contributed by atoms with Gasteiger partial charge in [0, 0.05) is 24.3 Å². The number of pyridine rings is 1. The largest absolute Gasteiger partial charge is 0.387 e. The Hall–Kier alpha value is -3.99. The van der Waals surface area contributed by atoms with E-state index in [1.54, 1.807) is 42.5 Å². The lowest BCUT2D eigenvalue weighted by Crippen LogP contribution is -2.58. The van der Waals surface area contributed by atoms with Crippen molar-refractivity contribution in [2.24, 2.45) is 5.92 Å². The van der Waals surface area contributed by atoms with Gasteiger partial charge in [0.05, 0.1) is 40.0 Å². The van der Waals surface area contributed by atoms with E-state index in [1.807, 2.05) is 0 Å². The second-order valence-electron chi connectivity index (χ2n) is 10.7. The number of H-pyrrole nitrogens is 2. The Bertz CT molecular complexity index is 1670. The number of nitrogens with zero attached hydrogens (tertiary/aromatic N) is 3. The molecule has 4 N–H and O–H groups in total. The first-order valence-corrected chi connectivity index (χ1v) is 13.8. The maximum absolute atomic E-state index is 13.5. The third-order valence-corrected chi connectivity index (χ3v) is 8.62. The summed E-state index contributed by atoms with van der Waals surface area (Å²) in [6.45, 7) is 2.91. The van der Waals surface area contributed by atoms with Crippen molar-refractivity contribution in [3.63, 3.8) is 0 Å². The van der Waals surface area contributed by atoms with Crippen LogP contribution in [0.4, 0.5) is 5.69 Å². The molecule has 2 aromatic carbocycles. The van der Waals surface area contributed by atoms with E-state index in [-0.39, 0.29) is 41.3 Å². The number of hydrogen-bond donors (Lipinski definition) is 4. The number of piperidine rings is 3. The van der Waals surface area contributed by atoms with Gasteiger partial charge < -0.3 is 25.3 Å². The predicted octanol–water partition coefficient (Wildman–Crippen LogP) is 3.41. The first-order valence-electron chi connectivity index (χ1n) is 13.4. The monoisotopic (exact) mass is 558 g/mol. The number of nitrogens with one attached hydrogen (secondary N) is 3. The summed E-state index contributed by atoms with van der Waals surface area (Å²) in [5.41, 5.74) is 2.73. The van der Waals surface area contributed by atoms with Crippen LogP contribution in [0, 0.1) is 5.92 Å². The van der Waals surface area contributed by atoms with Gasteiger partial charge in [0.1, 0.15) is 11.4 Å². The van der Waals surface area contributed by atoms with E-state index in [0.717, 1.165) is 32.5 Å². The summed E-state index contributed by atoms with van der Waals surface area (Å²) in [7, 11) is 0. The maximum atomic E-state index is 13.5. The van der Waals surface area contributed by atoms with Crippen molar-refractivity contribution in [3.8, 4) is 11.4 Å². The first kappa shape index (κ1) is 25.0. The number of aliphatic hydroxyl groups is 1. The van der Waals surface area contributed by atoms with Gasteiger partial charge in [-0.15, -0.1) is 0 Å². The highest BCUT2D eigenvalue weighted by atomic mass is 35.5. The zero-order valence-corrected chi connectivity index (χ0v) is 22.2. The van der Waals surface area contributed by atoms with E-state index in [4.69, 9.17) is 11.6 Å². The fourth-order valence-electron chi connectivity index (χ4n) is 6.31. The van der Waals surface area contributed by atoms with Gasteiger partial charge in [-0.2, -0.15) is 0 Å². The standard InChI is InChI=1S/C29H27ClN6O4/c30-17-3-1-2-16(10-17)24(37)13-32-20-4-7-31-27(38)25(20)26-33-21-11-18-19(12-22(21)34-26)29(40)36(28(18)39)23-14-35-8-5-15(23)6-9-35/h1-4,7,10-12,15,23-24,37H,5-6,8-9,13-14H2,(H,33,34)(H2,31,32,38)/t23-,24-/m1/s1. The third kappa shape index (κ3) is 4.11. The molecule has 4 aromatic rings. The molecule has 4 aliphatic heterocycles. The number of carbonyl (C=O) groups excluding carboxylic acids is 2. The van der Waals surface area contributed by atoms with E-state index in [9.17, 15) is 19.5 Å². The van der Waals surface area contributed by atoms with Crippen molar-refractivity contribution in [1.29, 1.82) is 0 Å². The lowest BCUT2D eigenvalue weighted by molar-refractivity contribution is 0.0120. The molecule has 0 radical (unpaired) electrons. The quantitative estimate of drug-likeness (QED) is 0.266. The van der Waals surface area contributed by atoms with E-state index >= 15 is 0 Å². The Labute approximate surface area is 234 Å². The minimum atomic E-state index is -0.861. The number of carbonyl (C=O) groups is 2. The molecule has 6 heterocycles. The normalized spacial score (nSPS) is 22.6. The van der Waals surface area contributed by atoms with Crippen molar-refractivity contribution < 1.29 is 14.7 Å². The maximum Gasteiger partial charge on any atom is 0.261 e. The van der Waals surface area contributed by atoms with Crippen molar-refractivity contribution in [2.75, 3.05) is 31.5 Å². The average Bonchev–Trinajstić information content (AvgIpc) is 3.48.